The summed E-state index contributed by atoms with van der Waals surface area (Å²) < 4.78 is 0. The van der Waals surface area contributed by atoms with Crippen LogP contribution in [0.2, 0.25) is 0 Å². The van der Waals surface area contributed by atoms with Crippen molar-refractivity contribution in [3.63, 3.8) is 0 Å². The summed E-state index contributed by atoms with van der Waals surface area (Å²) in [6.07, 6.45) is 1.54. The Hall–Kier alpha value is -2.29. The maximum absolute atomic E-state index is 9.63. The third-order valence-electron chi connectivity index (χ3n) is 2.41. The van der Waals surface area contributed by atoms with E-state index in [4.69, 9.17) is 0 Å². The maximum Gasteiger partial charge on any atom is 0.141 e. The minimum atomic E-state index is 0.121. The molecule has 3 heteroatoms. The molecule has 86 valence electrons. The first-order valence-corrected chi connectivity index (χ1v) is 5.28. The Kier molecular flexibility index (Phi) is 3.10. The lowest BCUT2D eigenvalue weighted by Gasteiger charge is -2.01. The maximum atomic E-state index is 9.63. The van der Waals surface area contributed by atoms with E-state index in [0.29, 0.717) is 11.3 Å². The van der Waals surface area contributed by atoms with Gasteiger partial charge in [0.1, 0.15) is 17.2 Å². The van der Waals surface area contributed by atoms with Crippen molar-refractivity contribution in [3.8, 4) is 11.5 Å². The van der Waals surface area contributed by atoms with E-state index in [2.05, 4.69) is 4.99 Å². The highest BCUT2D eigenvalue weighted by atomic mass is 16.3. The lowest BCUT2D eigenvalue weighted by Crippen LogP contribution is -1.83. The number of phenols is 2. The molecule has 0 aromatic heterocycles. The topological polar surface area (TPSA) is 52.8 Å². The summed E-state index contributed by atoms with van der Waals surface area (Å²) in [5.41, 5.74) is 2.16. The van der Waals surface area contributed by atoms with Crippen molar-refractivity contribution in [2.24, 2.45) is 4.99 Å². The molecule has 0 atom stereocenters. The average molecular weight is 227 g/mol. The molecular weight excluding hydrogens is 214 g/mol. The van der Waals surface area contributed by atoms with E-state index in [1.807, 2.05) is 19.1 Å². The second-order valence-electron chi connectivity index (χ2n) is 3.81. The molecule has 0 unspecified atom stereocenters. The molecule has 0 bridgehead atoms. The van der Waals surface area contributed by atoms with E-state index in [-0.39, 0.29) is 11.5 Å². The Bertz CT molecular complexity index is 562. The van der Waals surface area contributed by atoms with Crippen molar-refractivity contribution in [1.82, 2.24) is 0 Å². The third-order valence-corrected chi connectivity index (χ3v) is 2.41. The fourth-order valence-electron chi connectivity index (χ4n) is 1.49. The van der Waals surface area contributed by atoms with Gasteiger partial charge in [-0.1, -0.05) is 23.8 Å². The Morgan fingerprint density at radius 2 is 1.76 bits per heavy atom. The van der Waals surface area contributed by atoms with Crippen LogP contribution in [0.3, 0.4) is 0 Å². The van der Waals surface area contributed by atoms with Crippen molar-refractivity contribution in [1.29, 1.82) is 0 Å². The molecule has 0 amide bonds. The summed E-state index contributed by atoms with van der Waals surface area (Å²) in [6.45, 7) is 1.94. The third kappa shape index (κ3) is 2.64. The van der Waals surface area contributed by atoms with E-state index < -0.39 is 0 Å². The van der Waals surface area contributed by atoms with E-state index in [0.717, 1.165) is 5.56 Å². The second kappa shape index (κ2) is 4.70. The number of aliphatic imine (C=N–C) groups is 1. The van der Waals surface area contributed by atoms with Crippen LogP contribution in [0.15, 0.2) is 47.5 Å². The van der Waals surface area contributed by atoms with Crippen molar-refractivity contribution >= 4 is 11.9 Å². The molecule has 0 saturated heterocycles. The molecule has 0 heterocycles. The number of hydrogen-bond donors (Lipinski definition) is 2. The van der Waals surface area contributed by atoms with E-state index in [1.165, 1.54) is 6.21 Å². The number of hydrogen-bond acceptors (Lipinski definition) is 3. The molecule has 0 aliphatic rings. The lowest BCUT2D eigenvalue weighted by atomic mass is 10.1. The standard InChI is InChI=1S/C14H13NO2/c1-10-6-7-13(16)11(8-10)9-15-12-4-2-3-5-14(12)17/h2-9,16-17H,1H3. The largest absolute Gasteiger partial charge is 0.507 e. The van der Waals surface area contributed by atoms with Crippen molar-refractivity contribution in [2.45, 2.75) is 6.92 Å². The highest BCUT2D eigenvalue weighted by Crippen LogP contribution is 2.25. The van der Waals surface area contributed by atoms with Gasteiger partial charge in [0.05, 0.1) is 0 Å². The second-order valence-corrected chi connectivity index (χ2v) is 3.81. The molecule has 2 aromatic rings. The van der Waals surface area contributed by atoms with Crippen LogP contribution >= 0.6 is 0 Å². The van der Waals surface area contributed by atoms with Crippen molar-refractivity contribution in [3.05, 3.63) is 53.6 Å². The van der Waals surface area contributed by atoms with Crippen LogP contribution in [-0.4, -0.2) is 16.4 Å². The first-order valence-electron chi connectivity index (χ1n) is 5.28. The van der Waals surface area contributed by atoms with Crippen LogP contribution in [0.1, 0.15) is 11.1 Å². The normalized spacial score (nSPS) is 10.9. The van der Waals surface area contributed by atoms with Crippen LogP contribution in [0, 0.1) is 6.92 Å². The Labute approximate surface area is 99.7 Å². The summed E-state index contributed by atoms with van der Waals surface area (Å²) in [5, 5.41) is 19.2. The molecule has 2 N–H and O–H groups in total. The zero-order valence-electron chi connectivity index (χ0n) is 9.46. The first-order chi connectivity index (χ1) is 8.16. The summed E-state index contributed by atoms with van der Waals surface area (Å²) in [7, 11) is 0. The summed E-state index contributed by atoms with van der Waals surface area (Å²) >= 11 is 0. The van der Waals surface area contributed by atoms with Gasteiger partial charge < -0.3 is 10.2 Å². The minimum absolute atomic E-state index is 0.121. The SMILES string of the molecule is Cc1ccc(O)c(C=Nc2ccccc2O)c1. The highest BCUT2D eigenvalue weighted by Gasteiger charge is 1.99. The Balaban J connectivity index is 2.32. The molecule has 3 nitrogen and oxygen atoms in total. The van der Waals surface area contributed by atoms with Gasteiger partial charge in [0.15, 0.2) is 0 Å². The van der Waals surface area contributed by atoms with Crippen LogP contribution in [0.5, 0.6) is 11.5 Å². The highest BCUT2D eigenvalue weighted by molar-refractivity contribution is 5.86. The van der Waals surface area contributed by atoms with Crippen LogP contribution < -0.4 is 0 Å². The van der Waals surface area contributed by atoms with Crippen molar-refractivity contribution < 1.29 is 10.2 Å². The number of nitrogens with zero attached hydrogens (tertiary/aromatic N) is 1. The summed E-state index contributed by atoms with van der Waals surface area (Å²) in [4.78, 5) is 4.14. The molecule has 2 aromatic carbocycles. The fourth-order valence-corrected chi connectivity index (χ4v) is 1.49. The first kappa shape index (κ1) is 11.2. The summed E-state index contributed by atoms with van der Waals surface area (Å²) in [6, 6.07) is 12.1. The van der Waals surface area contributed by atoms with Gasteiger partial charge in [-0.3, -0.25) is 4.99 Å². The summed E-state index contributed by atoms with van der Waals surface area (Å²) in [5.74, 6) is 0.297. The zero-order chi connectivity index (χ0) is 12.3. The number of aryl methyl sites for hydroxylation is 1. The van der Waals surface area contributed by atoms with Gasteiger partial charge in [-0.25, -0.2) is 0 Å². The van der Waals surface area contributed by atoms with Crippen LogP contribution in [0.25, 0.3) is 0 Å². The zero-order valence-corrected chi connectivity index (χ0v) is 9.46. The molecule has 0 aliphatic heterocycles. The van der Waals surface area contributed by atoms with Crippen LogP contribution in [-0.2, 0) is 0 Å². The van der Waals surface area contributed by atoms with Gasteiger partial charge in [-0.2, -0.15) is 0 Å². The fraction of sp³-hybridized carbons (Fsp3) is 0.0714. The minimum Gasteiger partial charge on any atom is -0.507 e. The molecule has 0 saturated carbocycles. The quantitative estimate of drug-likeness (QED) is 0.774. The number of para-hydroxylation sites is 2. The number of rotatable bonds is 2. The number of benzene rings is 2. The smallest absolute Gasteiger partial charge is 0.141 e. The number of aromatic hydroxyl groups is 2. The van der Waals surface area contributed by atoms with E-state index in [1.54, 1.807) is 30.3 Å². The predicted molar refractivity (Wildman–Crippen MR) is 68.2 cm³/mol. The molecule has 17 heavy (non-hydrogen) atoms. The molecule has 0 fully saturated rings. The van der Waals surface area contributed by atoms with Gasteiger partial charge in [-0.05, 0) is 31.2 Å². The molecule has 0 spiro atoms. The molecule has 2 rings (SSSR count). The number of phenolic OH excluding ortho intramolecular Hbond substituents is 2. The van der Waals surface area contributed by atoms with E-state index >= 15 is 0 Å². The van der Waals surface area contributed by atoms with Gasteiger partial charge in [0.2, 0.25) is 0 Å². The molecule has 0 radical (unpaired) electrons. The monoisotopic (exact) mass is 227 g/mol. The molecule has 0 aliphatic carbocycles. The van der Waals surface area contributed by atoms with Gasteiger partial charge in [0, 0.05) is 11.8 Å². The van der Waals surface area contributed by atoms with Gasteiger partial charge >= 0.3 is 0 Å². The lowest BCUT2D eigenvalue weighted by molar-refractivity contribution is 0.474. The van der Waals surface area contributed by atoms with Crippen LogP contribution in [0.4, 0.5) is 5.69 Å². The van der Waals surface area contributed by atoms with Crippen molar-refractivity contribution in [2.75, 3.05) is 0 Å². The average Bonchev–Trinajstić information content (AvgIpc) is 2.32. The van der Waals surface area contributed by atoms with Gasteiger partial charge in [-0.15, -0.1) is 0 Å². The predicted octanol–water partition coefficient (Wildman–Crippen LogP) is 3.16. The van der Waals surface area contributed by atoms with Gasteiger partial charge in [0.25, 0.3) is 0 Å². The Morgan fingerprint density at radius 1 is 1.00 bits per heavy atom. The van der Waals surface area contributed by atoms with E-state index in [9.17, 15) is 10.2 Å². The molecular formula is C14H13NO2. The Morgan fingerprint density at radius 3 is 2.53 bits per heavy atom.